The molecule has 1 atom stereocenters. The number of nitrogens with one attached hydrogen (secondary N) is 1. The summed E-state index contributed by atoms with van der Waals surface area (Å²) in [5.41, 5.74) is 8.34. The van der Waals surface area contributed by atoms with Crippen LogP contribution in [0.4, 0.5) is 12.0 Å². The summed E-state index contributed by atoms with van der Waals surface area (Å²) in [5.74, 6) is 1.27. The van der Waals surface area contributed by atoms with Crippen LogP contribution in [0.25, 0.3) is 11.1 Å². The Morgan fingerprint density at radius 3 is 2.32 bits per heavy atom. The van der Waals surface area contributed by atoms with Gasteiger partial charge in [0.25, 0.3) is 0 Å². The van der Waals surface area contributed by atoms with Crippen LogP contribution in [0, 0.1) is 5.92 Å². The fourth-order valence-electron chi connectivity index (χ4n) is 4.13. The Morgan fingerprint density at radius 2 is 1.74 bits per heavy atom. The van der Waals surface area contributed by atoms with Crippen LogP contribution >= 0.6 is 0 Å². The highest BCUT2D eigenvalue weighted by Crippen LogP contribution is 2.39. The summed E-state index contributed by atoms with van der Waals surface area (Å²) in [6.45, 7) is 8.40. The van der Waals surface area contributed by atoms with E-state index in [1.165, 1.54) is 0 Å². The van der Waals surface area contributed by atoms with Crippen molar-refractivity contribution in [1.29, 1.82) is 0 Å². The van der Waals surface area contributed by atoms with Gasteiger partial charge >= 0.3 is 6.01 Å². The van der Waals surface area contributed by atoms with E-state index in [0.29, 0.717) is 12.1 Å². The Balaban J connectivity index is 1.59. The lowest BCUT2D eigenvalue weighted by molar-refractivity contribution is 0.343. The molecule has 1 saturated heterocycles. The number of hydrogen-bond acceptors (Lipinski definition) is 8. The zero-order valence-corrected chi connectivity index (χ0v) is 18.7. The van der Waals surface area contributed by atoms with E-state index in [2.05, 4.69) is 70.4 Å². The fraction of sp³-hybridized carbons (Fsp3) is 0.478. The highest BCUT2D eigenvalue weighted by atomic mass is 16.5. The summed E-state index contributed by atoms with van der Waals surface area (Å²) in [6.07, 6.45) is 5.63. The molecule has 3 aromatic rings. The van der Waals surface area contributed by atoms with Crippen molar-refractivity contribution in [2.24, 2.45) is 5.92 Å². The highest BCUT2D eigenvalue weighted by Gasteiger charge is 2.38. The van der Waals surface area contributed by atoms with Crippen LogP contribution in [0.3, 0.4) is 0 Å². The van der Waals surface area contributed by atoms with Gasteiger partial charge in [-0.15, -0.1) is 0 Å². The van der Waals surface area contributed by atoms with Crippen LogP contribution in [-0.4, -0.2) is 46.3 Å². The Labute approximate surface area is 183 Å². The molecule has 1 aliphatic rings. The summed E-state index contributed by atoms with van der Waals surface area (Å²) < 4.78 is 5.71. The van der Waals surface area contributed by atoms with Crippen molar-refractivity contribution in [1.82, 2.24) is 25.4 Å². The number of anilines is 2. The summed E-state index contributed by atoms with van der Waals surface area (Å²) in [6, 6.07) is 9.58. The molecule has 3 heterocycles. The highest BCUT2D eigenvalue weighted by molar-refractivity contribution is 5.62. The molecule has 3 N–H and O–H groups in total. The maximum Gasteiger partial charge on any atom is 0.324 e. The van der Waals surface area contributed by atoms with E-state index in [9.17, 15) is 0 Å². The number of nitrogens with zero attached hydrogens (tertiary/aromatic N) is 5. The van der Waals surface area contributed by atoms with Crippen molar-refractivity contribution in [3.63, 3.8) is 0 Å². The minimum Gasteiger partial charge on any atom is -0.368 e. The number of nitrogen functional groups attached to an aromatic ring is 1. The molecule has 1 fully saturated rings. The molecule has 8 heteroatoms. The SMILES string of the molecule is CNC1CCN(c2nc(C(C)(c3ccc(-c4cnc(N)nc4)cc3)C(C)C)no2)CC1. The van der Waals surface area contributed by atoms with Gasteiger partial charge < -0.3 is 20.5 Å². The lowest BCUT2D eigenvalue weighted by Crippen LogP contribution is -2.41. The first-order chi connectivity index (χ1) is 14.9. The summed E-state index contributed by atoms with van der Waals surface area (Å²) in [7, 11) is 2.02. The third kappa shape index (κ3) is 4.12. The third-order valence-corrected chi connectivity index (χ3v) is 6.70. The molecule has 1 aromatic carbocycles. The second kappa shape index (κ2) is 8.63. The molecule has 0 aliphatic carbocycles. The third-order valence-electron chi connectivity index (χ3n) is 6.70. The van der Waals surface area contributed by atoms with Crippen molar-refractivity contribution in [2.75, 3.05) is 30.8 Å². The molecule has 0 radical (unpaired) electrons. The van der Waals surface area contributed by atoms with E-state index >= 15 is 0 Å². The van der Waals surface area contributed by atoms with E-state index in [4.69, 9.17) is 15.2 Å². The van der Waals surface area contributed by atoms with Gasteiger partial charge in [0.05, 0.1) is 5.41 Å². The number of aromatic nitrogens is 4. The largest absolute Gasteiger partial charge is 0.368 e. The standard InChI is InChI=1S/C23H31N7O/c1-15(2)23(3,18-7-5-16(6-8-18)17-13-26-21(24)27-14-17)20-28-22(31-29-20)30-11-9-19(25-4)10-12-30/h5-8,13-15,19,25H,9-12H2,1-4H3,(H2,24,26,27). The molecule has 0 saturated carbocycles. The molecule has 0 amide bonds. The van der Waals surface area contributed by atoms with Gasteiger partial charge in [-0.1, -0.05) is 43.3 Å². The van der Waals surface area contributed by atoms with E-state index in [1.807, 2.05) is 7.05 Å². The van der Waals surface area contributed by atoms with Crippen LogP contribution in [0.2, 0.25) is 0 Å². The molecule has 0 spiro atoms. The first-order valence-electron chi connectivity index (χ1n) is 10.9. The maximum absolute atomic E-state index is 5.71. The minimum absolute atomic E-state index is 0.274. The van der Waals surface area contributed by atoms with E-state index in [-0.39, 0.29) is 17.3 Å². The molecule has 0 bridgehead atoms. The second-order valence-electron chi connectivity index (χ2n) is 8.71. The average Bonchev–Trinajstić information content (AvgIpc) is 3.30. The molecule has 1 unspecified atom stereocenters. The average molecular weight is 422 g/mol. The Bertz CT molecular complexity index is 992. The molecule has 31 heavy (non-hydrogen) atoms. The van der Waals surface area contributed by atoms with Crippen LogP contribution in [0.1, 0.15) is 45.0 Å². The van der Waals surface area contributed by atoms with Crippen LogP contribution in [0.15, 0.2) is 41.2 Å². The number of hydrogen-bond donors (Lipinski definition) is 2. The van der Waals surface area contributed by atoms with Crippen molar-refractivity contribution in [2.45, 2.75) is 45.1 Å². The summed E-state index contributed by atoms with van der Waals surface area (Å²) in [5, 5.41) is 7.77. The Morgan fingerprint density at radius 1 is 1.10 bits per heavy atom. The number of rotatable bonds is 6. The zero-order valence-electron chi connectivity index (χ0n) is 18.7. The van der Waals surface area contributed by atoms with Gasteiger partial charge in [-0.2, -0.15) is 4.98 Å². The van der Waals surface area contributed by atoms with Gasteiger partial charge in [-0.25, -0.2) is 9.97 Å². The van der Waals surface area contributed by atoms with Crippen LogP contribution < -0.4 is 16.0 Å². The van der Waals surface area contributed by atoms with Crippen molar-refractivity contribution < 1.29 is 4.52 Å². The fourth-order valence-corrected chi connectivity index (χ4v) is 4.13. The van der Waals surface area contributed by atoms with Crippen LogP contribution in [-0.2, 0) is 5.41 Å². The maximum atomic E-state index is 5.71. The summed E-state index contributed by atoms with van der Waals surface area (Å²) in [4.78, 5) is 15.2. The smallest absolute Gasteiger partial charge is 0.324 e. The molecular weight excluding hydrogens is 390 g/mol. The number of piperidine rings is 1. The van der Waals surface area contributed by atoms with Crippen molar-refractivity contribution >= 4 is 12.0 Å². The van der Waals surface area contributed by atoms with Gasteiger partial charge in [-0.3, -0.25) is 0 Å². The lowest BCUT2D eigenvalue weighted by atomic mass is 9.72. The van der Waals surface area contributed by atoms with Gasteiger partial charge in [-0.05, 0) is 43.9 Å². The minimum atomic E-state index is -0.374. The van der Waals surface area contributed by atoms with Crippen molar-refractivity contribution in [3.05, 3.63) is 48.0 Å². The van der Waals surface area contributed by atoms with E-state index < -0.39 is 0 Å². The van der Waals surface area contributed by atoms with Crippen LogP contribution in [0.5, 0.6) is 0 Å². The monoisotopic (exact) mass is 421 g/mol. The first-order valence-corrected chi connectivity index (χ1v) is 10.9. The van der Waals surface area contributed by atoms with Gasteiger partial charge in [0.15, 0.2) is 5.82 Å². The number of benzene rings is 1. The molecular formula is C23H31N7O. The van der Waals surface area contributed by atoms with Gasteiger partial charge in [0.1, 0.15) is 0 Å². The first kappa shape index (κ1) is 21.2. The quantitative estimate of drug-likeness (QED) is 0.625. The van der Waals surface area contributed by atoms with E-state index in [1.54, 1.807) is 12.4 Å². The Kier molecular flexibility index (Phi) is 5.91. The second-order valence-corrected chi connectivity index (χ2v) is 8.71. The molecule has 8 nitrogen and oxygen atoms in total. The normalized spacial score (nSPS) is 17.1. The number of nitrogens with two attached hydrogens (primary N) is 1. The zero-order chi connectivity index (χ0) is 22.0. The van der Waals surface area contributed by atoms with Gasteiger partial charge in [0.2, 0.25) is 5.95 Å². The predicted octanol–water partition coefficient (Wildman–Crippen LogP) is 3.26. The lowest BCUT2D eigenvalue weighted by Gasteiger charge is -2.32. The molecule has 4 rings (SSSR count). The Hall–Kier alpha value is -3.00. The topological polar surface area (TPSA) is 106 Å². The van der Waals surface area contributed by atoms with E-state index in [0.717, 1.165) is 48.4 Å². The van der Waals surface area contributed by atoms with Crippen molar-refractivity contribution in [3.8, 4) is 11.1 Å². The molecule has 1 aliphatic heterocycles. The molecule has 164 valence electrons. The predicted molar refractivity (Wildman–Crippen MR) is 122 cm³/mol. The molecule has 2 aromatic heterocycles. The summed E-state index contributed by atoms with van der Waals surface area (Å²) >= 11 is 0. The van der Waals surface area contributed by atoms with Gasteiger partial charge in [0, 0.05) is 37.1 Å².